The Kier molecular flexibility index (Phi) is 6.34. The number of hydrogen-bond acceptors (Lipinski definition) is 3. The fraction of sp³-hybridized carbons (Fsp3) is 0.588. The molecule has 1 aliphatic rings. The molecule has 2 N–H and O–H groups in total. The molecule has 0 heterocycles. The van der Waals surface area contributed by atoms with E-state index in [9.17, 15) is 4.79 Å². The van der Waals surface area contributed by atoms with Gasteiger partial charge in [-0.2, -0.15) is 0 Å². The predicted molar refractivity (Wildman–Crippen MR) is 96.7 cm³/mol. The van der Waals surface area contributed by atoms with Crippen LogP contribution in [-0.4, -0.2) is 24.3 Å². The quantitative estimate of drug-likeness (QED) is 0.735. The topological polar surface area (TPSA) is 50.4 Å². The number of halogens is 2. The lowest BCUT2D eigenvalue weighted by Gasteiger charge is -2.22. The molecule has 0 aromatic heterocycles. The fourth-order valence-electron chi connectivity index (χ4n) is 2.31. The van der Waals surface area contributed by atoms with E-state index in [0.717, 1.165) is 16.6 Å². The van der Waals surface area contributed by atoms with Crippen molar-refractivity contribution < 1.29 is 9.53 Å². The molecule has 128 valence electrons. The maximum Gasteiger partial charge on any atom is 0.407 e. The van der Waals surface area contributed by atoms with Crippen molar-refractivity contribution in [2.45, 2.75) is 51.8 Å². The minimum atomic E-state index is -0.470. The van der Waals surface area contributed by atoms with Crippen molar-refractivity contribution in [2.75, 3.05) is 6.54 Å². The minimum Gasteiger partial charge on any atom is -0.444 e. The van der Waals surface area contributed by atoms with Crippen molar-refractivity contribution in [1.82, 2.24) is 10.6 Å². The Balaban J connectivity index is 1.82. The molecule has 1 saturated carbocycles. The molecule has 1 amide bonds. The SMILES string of the molecule is CC(C)(C)OC(=O)NCC(NCc1ccc(Cl)c(Br)c1)C1CC1. The van der Waals surface area contributed by atoms with Crippen molar-refractivity contribution in [3.8, 4) is 0 Å². The van der Waals surface area contributed by atoms with Gasteiger partial charge in [-0.1, -0.05) is 17.7 Å². The average molecular weight is 404 g/mol. The van der Waals surface area contributed by atoms with Gasteiger partial charge in [0.15, 0.2) is 0 Å². The summed E-state index contributed by atoms with van der Waals surface area (Å²) in [5, 5.41) is 7.10. The van der Waals surface area contributed by atoms with E-state index in [0.29, 0.717) is 17.5 Å². The van der Waals surface area contributed by atoms with Gasteiger partial charge in [0.25, 0.3) is 0 Å². The lowest BCUT2D eigenvalue weighted by molar-refractivity contribution is 0.0521. The Morgan fingerprint density at radius 3 is 2.70 bits per heavy atom. The van der Waals surface area contributed by atoms with Crippen LogP contribution in [0.25, 0.3) is 0 Å². The van der Waals surface area contributed by atoms with E-state index in [1.807, 2.05) is 39.0 Å². The van der Waals surface area contributed by atoms with Gasteiger partial charge in [-0.05, 0) is 73.2 Å². The monoisotopic (exact) mass is 402 g/mol. The summed E-state index contributed by atoms with van der Waals surface area (Å²) in [7, 11) is 0. The molecule has 1 aromatic rings. The van der Waals surface area contributed by atoms with Crippen LogP contribution in [0, 0.1) is 5.92 Å². The molecule has 0 spiro atoms. The smallest absolute Gasteiger partial charge is 0.407 e. The number of nitrogens with one attached hydrogen (secondary N) is 2. The third-order valence-electron chi connectivity index (χ3n) is 3.61. The summed E-state index contributed by atoms with van der Waals surface area (Å²) in [4.78, 5) is 11.8. The van der Waals surface area contributed by atoms with E-state index in [2.05, 4.69) is 26.6 Å². The number of carbonyl (C=O) groups is 1. The van der Waals surface area contributed by atoms with E-state index in [-0.39, 0.29) is 12.1 Å². The highest BCUT2D eigenvalue weighted by molar-refractivity contribution is 9.10. The largest absolute Gasteiger partial charge is 0.444 e. The minimum absolute atomic E-state index is 0.261. The molecule has 1 unspecified atom stereocenters. The van der Waals surface area contributed by atoms with Crippen LogP contribution in [-0.2, 0) is 11.3 Å². The van der Waals surface area contributed by atoms with Crippen LogP contribution in [0.4, 0.5) is 4.79 Å². The van der Waals surface area contributed by atoms with Crippen LogP contribution in [0.2, 0.25) is 5.02 Å². The van der Waals surface area contributed by atoms with Gasteiger partial charge in [-0.3, -0.25) is 0 Å². The number of hydrogen-bond donors (Lipinski definition) is 2. The Labute approximate surface area is 151 Å². The maximum absolute atomic E-state index is 11.8. The number of benzene rings is 1. The molecule has 0 radical (unpaired) electrons. The molecule has 0 aliphatic heterocycles. The lowest BCUT2D eigenvalue weighted by atomic mass is 10.1. The van der Waals surface area contributed by atoms with E-state index in [1.165, 1.54) is 12.8 Å². The van der Waals surface area contributed by atoms with Crippen molar-refractivity contribution in [1.29, 1.82) is 0 Å². The van der Waals surface area contributed by atoms with Crippen LogP contribution in [0.1, 0.15) is 39.2 Å². The van der Waals surface area contributed by atoms with Gasteiger partial charge in [0, 0.05) is 23.6 Å². The van der Waals surface area contributed by atoms with Crippen LogP contribution in [0.3, 0.4) is 0 Å². The number of alkyl carbamates (subject to hydrolysis) is 1. The van der Waals surface area contributed by atoms with E-state index < -0.39 is 5.60 Å². The van der Waals surface area contributed by atoms with E-state index in [1.54, 1.807) is 0 Å². The van der Waals surface area contributed by atoms with E-state index in [4.69, 9.17) is 16.3 Å². The fourth-order valence-corrected chi connectivity index (χ4v) is 2.85. The third kappa shape index (κ3) is 6.69. The highest BCUT2D eigenvalue weighted by atomic mass is 79.9. The number of amides is 1. The molecule has 1 atom stereocenters. The van der Waals surface area contributed by atoms with Crippen LogP contribution < -0.4 is 10.6 Å². The second-order valence-corrected chi connectivity index (χ2v) is 8.22. The molecule has 6 heteroatoms. The Morgan fingerprint density at radius 1 is 1.43 bits per heavy atom. The van der Waals surface area contributed by atoms with Gasteiger partial charge in [-0.15, -0.1) is 0 Å². The van der Waals surface area contributed by atoms with Crippen molar-refractivity contribution in [2.24, 2.45) is 5.92 Å². The standard InChI is InChI=1S/C17H24BrClN2O2/c1-17(2,3)23-16(22)21-10-15(12-5-6-12)20-9-11-4-7-14(19)13(18)8-11/h4,7-8,12,15,20H,5-6,9-10H2,1-3H3,(H,21,22). The van der Waals surface area contributed by atoms with E-state index >= 15 is 0 Å². The second kappa shape index (κ2) is 7.86. The third-order valence-corrected chi connectivity index (χ3v) is 4.82. The summed E-state index contributed by atoms with van der Waals surface area (Å²) in [5.74, 6) is 0.626. The zero-order valence-electron chi connectivity index (χ0n) is 13.8. The molecule has 1 fully saturated rings. The Morgan fingerprint density at radius 2 is 2.13 bits per heavy atom. The van der Waals surface area contributed by atoms with Crippen LogP contribution >= 0.6 is 27.5 Å². The zero-order chi connectivity index (χ0) is 17.0. The Hall–Kier alpha value is -0.780. The molecule has 4 nitrogen and oxygen atoms in total. The predicted octanol–water partition coefficient (Wildman–Crippen LogP) is 4.50. The highest BCUT2D eigenvalue weighted by Crippen LogP contribution is 2.32. The maximum atomic E-state index is 11.8. The van der Waals surface area contributed by atoms with Crippen molar-refractivity contribution >= 4 is 33.6 Å². The van der Waals surface area contributed by atoms with Gasteiger partial charge >= 0.3 is 6.09 Å². The lowest BCUT2D eigenvalue weighted by Crippen LogP contribution is -2.43. The van der Waals surface area contributed by atoms with Gasteiger partial charge in [0.2, 0.25) is 0 Å². The molecular formula is C17H24BrClN2O2. The van der Waals surface area contributed by atoms with Gasteiger partial charge in [0.1, 0.15) is 5.60 Å². The second-order valence-electron chi connectivity index (χ2n) is 6.96. The average Bonchev–Trinajstić information content (AvgIpc) is 3.25. The molecule has 1 aromatic carbocycles. The Bertz CT molecular complexity index is 556. The summed E-state index contributed by atoms with van der Waals surface area (Å²) in [6, 6.07) is 6.16. The summed E-state index contributed by atoms with van der Waals surface area (Å²) >= 11 is 9.45. The first kappa shape index (κ1) is 18.6. The first-order chi connectivity index (χ1) is 10.7. The highest BCUT2D eigenvalue weighted by Gasteiger charge is 2.31. The molecule has 0 bridgehead atoms. The molecule has 2 rings (SSSR count). The van der Waals surface area contributed by atoms with Crippen LogP contribution in [0.15, 0.2) is 22.7 Å². The van der Waals surface area contributed by atoms with Crippen LogP contribution in [0.5, 0.6) is 0 Å². The van der Waals surface area contributed by atoms with Gasteiger partial charge in [-0.25, -0.2) is 4.79 Å². The van der Waals surface area contributed by atoms with Crippen molar-refractivity contribution in [3.05, 3.63) is 33.3 Å². The summed E-state index contributed by atoms with van der Waals surface area (Å²) in [6.45, 7) is 6.91. The summed E-state index contributed by atoms with van der Waals surface area (Å²) in [5.41, 5.74) is 0.687. The summed E-state index contributed by atoms with van der Waals surface area (Å²) < 4.78 is 6.18. The summed E-state index contributed by atoms with van der Waals surface area (Å²) in [6.07, 6.45) is 2.05. The van der Waals surface area contributed by atoms with Gasteiger partial charge < -0.3 is 15.4 Å². The van der Waals surface area contributed by atoms with Crippen molar-refractivity contribution in [3.63, 3.8) is 0 Å². The normalized spacial score (nSPS) is 16.0. The number of ether oxygens (including phenoxy) is 1. The molecule has 23 heavy (non-hydrogen) atoms. The molecule has 1 aliphatic carbocycles. The first-order valence-corrected chi connectivity index (χ1v) is 9.06. The zero-order valence-corrected chi connectivity index (χ0v) is 16.1. The molecule has 0 saturated heterocycles. The first-order valence-electron chi connectivity index (χ1n) is 7.89. The van der Waals surface area contributed by atoms with Gasteiger partial charge in [0.05, 0.1) is 5.02 Å². The number of carbonyl (C=O) groups excluding carboxylic acids is 1. The molecular weight excluding hydrogens is 380 g/mol. The number of rotatable bonds is 6.